The van der Waals surface area contributed by atoms with Gasteiger partial charge in [-0.25, -0.2) is 0 Å². The molecule has 0 fully saturated rings. The van der Waals surface area contributed by atoms with E-state index in [0.717, 1.165) is 18.2 Å². The molecule has 2 nitrogen and oxygen atoms in total. The SMILES string of the molecule is O=C(CCCl)c1cccc(OC(F)F)c1C(F)(F)F. The van der Waals surface area contributed by atoms with Gasteiger partial charge in [-0.15, -0.1) is 11.6 Å². The highest BCUT2D eigenvalue weighted by molar-refractivity contribution is 6.19. The van der Waals surface area contributed by atoms with Crippen LogP contribution in [0, 0.1) is 0 Å². The van der Waals surface area contributed by atoms with E-state index >= 15 is 0 Å². The molecule has 0 unspecified atom stereocenters. The van der Waals surface area contributed by atoms with Crippen LogP contribution in [0.3, 0.4) is 0 Å². The van der Waals surface area contributed by atoms with Crippen LogP contribution in [0.1, 0.15) is 22.3 Å². The predicted octanol–water partition coefficient (Wildman–Crippen LogP) is 4.12. The van der Waals surface area contributed by atoms with Gasteiger partial charge in [-0.05, 0) is 6.07 Å². The zero-order chi connectivity index (χ0) is 14.6. The third kappa shape index (κ3) is 4.05. The molecule has 1 aromatic carbocycles. The lowest BCUT2D eigenvalue weighted by atomic mass is 10.0. The molecule has 106 valence electrons. The van der Waals surface area contributed by atoms with Crippen molar-refractivity contribution in [2.45, 2.75) is 19.2 Å². The maximum Gasteiger partial charge on any atom is 0.420 e. The summed E-state index contributed by atoms with van der Waals surface area (Å²) in [4.78, 5) is 11.5. The third-order valence-electron chi connectivity index (χ3n) is 2.15. The average molecular weight is 303 g/mol. The van der Waals surface area contributed by atoms with E-state index in [0.29, 0.717) is 0 Å². The van der Waals surface area contributed by atoms with Crippen LogP contribution in [-0.4, -0.2) is 18.3 Å². The Labute approximate surface area is 110 Å². The lowest BCUT2D eigenvalue weighted by molar-refractivity contribution is -0.142. The summed E-state index contributed by atoms with van der Waals surface area (Å²) < 4.78 is 66.5. The molecule has 0 saturated carbocycles. The van der Waals surface area contributed by atoms with Gasteiger partial charge in [-0.1, -0.05) is 12.1 Å². The Kier molecular flexibility index (Phi) is 5.11. The number of carbonyl (C=O) groups excluding carboxylic acids is 1. The number of Topliss-reactive ketones (excluding diaryl/α,β-unsaturated/α-hetero) is 1. The van der Waals surface area contributed by atoms with E-state index in [1.807, 2.05) is 0 Å². The monoisotopic (exact) mass is 302 g/mol. The van der Waals surface area contributed by atoms with Crippen molar-refractivity contribution in [2.24, 2.45) is 0 Å². The first-order valence-electron chi connectivity index (χ1n) is 5.01. The molecule has 8 heteroatoms. The van der Waals surface area contributed by atoms with Crippen LogP contribution >= 0.6 is 11.6 Å². The smallest absolute Gasteiger partial charge is 0.420 e. The summed E-state index contributed by atoms with van der Waals surface area (Å²) in [6.07, 6.45) is -5.31. The fourth-order valence-corrected chi connectivity index (χ4v) is 1.64. The molecule has 0 amide bonds. The molecule has 0 aliphatic rings. The van der Waals surface area contributed by atoms with Crippen molar-refractivity contribution >= 4 is 17.4 Å². The minimum Gasteiger partial charge on any atom is -0.434 e. The number of halogens is 6. The number of hydrogen-bond donors (Lipinski definition) is 0. The number of ketones is 1. The highest BCUT2D eigenvalue weighted by Crippen LogP contribution is 2.39. The second-order valence-electron chi connectivity index (χ2n) is 3.42. The van der Waals surface area contributed by atoms with Gasteiger partial charge in [-0.2, -0.15) is 22.0 Å². The van der Waals surface area contributed by atoms with E-state index in [1.165, 1.54) is 0 Å². The molecule has 0 saturated heterocycles. The summed E-state index contributed by atoms with van der Waals surface area (Å²) in [5.41, 5.74) is -2.24. The van der Waals surface area contributed by atoms with Gasteiger partial charge in [0.1, 0.15) is 11.3 Å². The van der Waals surface area contributed by atoms with Gasteiger partial charge in [0, 0.05) is 17.9 Å². The highest BCUT2D eigenvalue weighted by Gasteiger charge is 2.39. The van der Waals surface area contributed by atoms with Crippen LogP contribution in [0.2, 0.25) is 0 Å². The Hall–Kier alpha value is -1.37. The van der Waals surface area contributed by atoms with Gasteiger partial charge >= 0.3 is 12.8 Å². The topological polar surface area (TPSA) is 26.3 Å². The molecule has 1 rings (SSSR count). The first kappa shape index (κ1) is 15.7. The van der Waals surface area contributed by atoms with Crippen molar-refractivity contribution in [3.05, 3.63) is 29.3 Å². The maximum absolute atomic E-state index is 12.8. The van der Waals surface area contributed by atoms with Crippen LogP contribution in [0.25, 0.3) is 0 Å². The predicted molar refractivity (Wildman–Crippen MR) is 57.7 cm³/mol. The number of benzene rings is 1. The Morgan fingerprint density at radius 2 is 1.95 bits per heavy atom. The summed E-state index contributed by atoms with van der Waals surface area (Å²) >= 11 is 5.28. The van der Waals surface area contributed by atoms with Crippen LogP contribution in [-0.2, 0) is 6.18 Å². The highest BCUT2D eigenvalue weighted by atomic mass is 35.5. The maximum atomic E-state index is 12.8. The van der Waals surface area contributed by atoms with Gasteiger partial charge < -0.3 is 4.74 Å². The molecule has 0 radical (unpaired) electrons. The number of carbonyl (C=O) groups is 1. The van der Waals surface area contributed by atoms with Crippen molar-refractivity contribution in [3.8, 4) is 5.75 Å². The first-order chi connectivity index (χ1) is 8.77. The van der Waals surface area contributed by atoms with Crippen LogP contribution in [0.15, 0.2) is 18.2 Å². The van der Waals surface area contributed by atoms with Crippen LogP contribution in [0.5, 0.6) is 5.75 Å². The normalized spacial score (nSPS) is 11.7. The fourth-order valence-electron chi connectivity index (χ4n) is 1.47. The molecule has 0 bridgehead atoms. The Bertz CT molecular complexity index is 459. The molecule has 0 spiro atoms. The number of rotatable bonds is 5. The standard InChI is InChI=1S/C11H8ClF5O2/c12-5-4-7(18)6-2-1-3-8(19-10(13)14)9(6)11(15,16)17/h1-3,10H,4-5H2. The molecule has 0 aromatic heterocycles. The van der Waals surface area contributed by atoms with Crippen LogP contribution in [0.4, 0.5) is 22.0 Å². The van der Waals surface area contributed by atoms with E-state index < -0.39 is 35.4 Å². The number of ether oxygens (including phenoxy) is 1. The minimum atomic E-state index is -4.98. The molecule has 0 aliphatic heterocycles. The van der Waals surface area contributed by atoms with Crippen molar-refractivity contribution in [2.75, 3.05) is 5.88 Å². The number of hydrogen-bond acceptors (Lipinski definition) is 2. The lowest BCUT2D eigenvalue weighted by Crippen LogP contribution is -2.17. The number of alkyl halides is 6. The second-order valence-corrected chi connectivity index (χ2v) is 3.80. The molecule has 0 aliphatic carbocycles. The molecule has 1 aromatic rings. The Balaban J connectivity index is 3.34. The summed E-state index contributed by atoms with van der Waals surface area (Å²) in [6, 6.07) is 2.66. The largest absolute Gasteiger partial charge is 0.434 e. The molecule has 0 heterocycles. The summed E-state index contributed by atoms with van der Waals surface area (Å²) in [7, 11) is 0. The van der Waals surface area contributed by atoms with Crippen molar-refractivity contribution in [3.63, 3.8) is 0 Å². The van der Waals surface area contributed by atoms with E-state index in [-0.39, 0.29) is 12.3 Å². The zero-order valence-corrected chi connectivity index (χ0v) is 10.1. The fraction of sp³-hybridized carbons (Fsp3) is 0.364. The van der Waals surface area contributed by atoms with E-state index in [9.17, 15) is 26.7 Å². The van der Waals surface area contributed by atoms with Crippen molar-refractivity contribution < 1.29 is 31.5 Å². The molecule has 0 N–H and O–H groups in total. The summed E-state index contributed by atoms with van der Waals surface area (Å²) in [5.74, 6) is -2.14. The van der Waals surface area contributed by atoms with Gasteiger partial charge in [0.2, 0.25) is 0 Å². The molecular formula is C11H8ClF5O2. The molecular weight excluding hydrogens is 295 g/mol. The summed E-state index contributed by atoms with van der Waals surface area (Å²) in [6.45, 7) is -3.42. The Morgan fingerprint density at radius 1 is 1.32 bits per heavy atom. The van der Waals surface area contributed by atoms with Crippen molar-refractivity contribution in [1.29, 1.82) is 0 Å². The van der Waals surface area contributed by atoms with Crippen molar-refractivity contribution in [1.82, 2.24) is 0 Å². The lowest BCUT2D eigenvalue weighted by Gasteiger charge is -2.16. The second kappa shape index (κ2) is 6.18. The van der Waals surface area contributed by atoms with Gasteiger partial charge in [0.05, 0.1) is 0 Å². The summed E-state index contributed by atoms with van der Waals surface area (Å²) in [5, 5.41) is 0. The van der Waals surface area contributed by atoms with Gasteiger partial charge in [0.15, 0.2) is 5.78 Å². The molecule has 0 atom stereocenters. The average Bonchev–Trinajstić information content (AvgIpc) is 2.26. The Morgan fingerprint density at radius 3 is 2.42 bits per heavy atom. The van der Waals surface area contributed by atoms with Crippen LogP contribution < -0.4 is 4.74 Å². The molecule has 19 heavy (non-hydrogen) atoms. The quantitative estimate of drug-likeness (QED) is 0.464. The van der Waals surface area contributed by atoms with E-state index in [1.54, 1.807) is 0 Å². The minimum absolute atomic E-state index is 0.171. The zero-order valence-electron chi connectivity index (χ0n) is 9.31. The first-order valence-corrected chi connectivity index (χ1v) is 5.55. The van der Waals surface area contributed by atoms with Gasteiger partial charge in [0.25, 0.3) is 0 Å². The van der Waals surface area contributed by atoms with E-state index in [4.69, 9.17) is 11.6 Å². The third-order valence-corrected chi connectivity index (χ3v) is 2.34. The van der Waals surface area contributed by atoms with Gasteiger partial charge in [-0.3, -0.25) is 4.79 Å². The van der Waals surface area contributed by atoms with E-state index in [2.05, 4.69) is 4.74 Å².